The Morgan fingerprint density at radius 2 is 2.14 bits per heavy atom. The number of sulfone groups is 1. The molecular weight excluding hydrogens is 314 g/mol. The number of hydrogen-bond acceptors (Lipinski definition) is 6. The highest BCUT2D eigenvalue weighted by Gasteiger charge is 2.43. The number of rotatable bonds is 5. The van der Waals surface area contributed by atoms with Crippen molar-refractivity contribution >= 4 is 27.6 Å². The van der Waals surface area contributed by atoms with Crippen LogP contribution in [-0.2, 0) is 20.2 Å². The van der Waals surface area contributed by atoms with Crippen LogP contribution in [0, 0.1) is 0 Å². The summed E-state index contributed by atoms with van der Waals surface area (Å²) in [5.74, 6) is -0.108. The maximum absolute atomic E-state index is 11.8. The first kappa shape index (κ1) is 16.3. The van der Waals surface area contributed by atoms with E-state index in [-0.39, 0.29) is 23.2 Å². The number of thioether (sulfide) groups is 1. The number of aliphatic carboxylic acids is 1. The van der Waals surface area contributed by atoms with Gasteiger partial charge in [-0.2, -0.15) is 0 Å². The van der Waals surface area contributed by atoms with Crippen LogP contribution in [0.2, 0.25) is 0 Å². The van der Waals surface area contributed by atoms with Crippen molar-refractivity contribution in [3.63, 3.8) is 0 Å². The van der Waals surface area contributed by atoms with Crippen molar-refractivity contribution in [3.05, 3.63) is 5.82 Å². The van der Waals surface area contributed by atoms with Crippen LogP contribution >= 0.6 is 11.8 Å². The third-order valence-corrected chi connectivity index (χ3v) is 6.32. The minimum atomic E-state index is -3.07. The molecule has 2 heterocycles. The molecule has 0 saturated carbocycles. The molecule has 118 valence electrons. The molecule has 2 rings (SSSR count). The summed E-state index contributed by atoms with van der Waals surface area (Å²) in [6.07, 6.45) is 0.494. The van der Waals surface area contributed by atoms with Crippen LogP contribution in [0.4, 0.5) is 0 Å². The van der Waals surface area contributed by atoms with Crippen LogP contribution in [0.5, 0.6) is 0 Å². The average Bonchev–Trinajstić information content (AvgIpc) is 2.89. The summed E-state index contributed by atoms with van der Waals surface area (Å²) in [4.78, 5) is 10.8. The fourth-order valence-corrected chi connectivity index (χ4v) is 5.46. The van der Waals surface area contributed by atoms with E-state index in [1.165, 1.54) is 0 Å². The molecule has 1 unspecified atom stereocenters. The molecule has 0 aliphatic carbocycles. The second kappa shape index (κ2) is 5.60. The predicted octanol–water partition coefficient (Wildman–Crippen LogP) is 1.11. The molecule has 1 fully saturated rings. The average molecular weight is 333 g/mol. The molecule has 1 atom stereocenters. The number of nitrogens with zero attached hydrogens (tertiary/aromatic N) is 3. The molecule has 0 aromatic carbocycles. The molecule has 7 nitrogen and oxygen atoms in total. The van der Waals surface area contributed by atoms with Crippen LogP contribution in [0.1, 0.15) is 38.9 Å². The highest BCUT2D eigenvalue weighted by Crippen LogP contribution is 2.36. The van der Waals surface area contributed by atoms with Gasteiger partial charge in [-0.3, -0.25) is 9.36 Å². The largest absolute Gasteiger partial charge is 0.481 e. The Labute approximate surface area is 128 Å². The summed E-state index contributed by atoms with van der Waals surface area (Å²) in [6.45, 7) is 5.79. The zero-order valence-electron chi connectivity index (χ0n) is 12.2. The van der Waals surface area contributed by atoms with Gasteiger partial charge in [0.25, 0.3) is 0 Å². The molecule has 1 saturated heterocycles. The van der Waals surface area contributed by atoms with Crippen LogP contribution in [0.25, 0.3) is 0 Å². The standard InChI is InChI=1S/C12H19N3O4S2/c1-8(2)10-13-14-11(20-6-9(16)17)15(10)12(3)4-5-21(18,19)7-12/h8H,4-7H2,1-3H3,(H,16,17). The first-order valence-electron chi connectivity index (χ1n) is 6.65. The van der Waals surface area contributed by atoms with E-state index >= 15 is 0 Å². The second-order valence-corrected chi connectivity index (χ2v) is 8.98. The van der Waals surface area contributed by atoms with Gasteiger partial charge in [-0.25, -0.2) is 8.42 Å². The first-order chi connectivity index (χ1) is 9.65. The number of hydrogen-bond donors (Lipinski definition) is 1. The Balaban J connectivity index is 2.44. The van der Waals surface area contributed by atoms with Crippen LogP contribution in [0.3, 0.4) is 0 Å². The Kier molecular flexibility index (Phi) is 4.34. The molecule has 1 N–H and O–H groups in total. The molecular formula is C12H19N3O4S2. The Morgan fingerprint density at radius 3 is 2.62 bits per heavy atom. The number of carboxylic acids is 1. The van der Waals surface area contributed by atoms with Crippen molar-refractivity contribution in [2.45, 2.75) is 43.8 Å². The topological polar surface area (TPSA) is 102 Å². The maximum atomic E-state index is 11.8. The number of carboxylic acid groups (broad SMARTS) is 1. The van der Waals surface area contributed by atoms with Gasteiger partial charge in [-0.15, -0.1) is 10.2 Å². The van der Waals surface area contributed by atoms with Gasteiger partial charge < -0.3 is 5.11 Å². The van der Waals surface area contributed by atoms with E-state index in [1.807, 2.05) is 25.3 Å². The van der Waals surface area contributed by atoms with Crippen molar-refractivity contribution < 1.29 is 18.3 Å². The minimum Gasteiger partial charge on any atom is -0.481 e. The lowest BCUT2D eigenvalue weighted by atomic mass is 10.0. The lowest BCUT2D eigenvalue weighted by Crippen LogP contribution is -2.34. The Hall–Kier alpha value is -1.09. The van der Waals surface area contributed by atoms with Gasteiger partial charge in [-0.05, 0) is 13.3 Å². The Bertz CT molecular complexity index is 653. The lowest BCUT2D eigenvalue weighted by molar-refractivity contribution is -0.133. The lowest BCUT2D eigenvalue weighted by Gasteiger charge is -2.28. The van der Waals surface area contributed by atoms with Crippen molar-refractivity contribution in [3.8, 4) is 0 Å². The quantitative estimate of drug-likeness (QED) is 0.805. The molecule has 0 radical (unpaired) electrons. The van der Waals surface area contributed by atoms with Gasteiger partial charge in [0.2, 0.25) is 0 Å². The van der Waals surface area contributed by atoms with Crippen LogP contribution < -0.4 is 0 Å². The van der Waals surface area contributed by atoms with Crippen LogP contribution in [0.15, 0.2) is 5.16 Å². The minimum absolute atomic E-state index is 0.0401. The Morgan fingerprint density at radius 1 is 1.48 bits per heavy atom. The van der Waals surface area contributed by atoms with E-state index < -0.39 is 21.3 Å². The van der Waals surface area contributed by atoms with Gasteiger partial charge in [0.15, 0.2) is 15.0 Å². The first-order valence-corrected chi connectivity index (χ1v) is 9.46. The summed E-state index contributed by atoms with van der Waals surface area (Å²) in [7, 11) is -3.07. The fraction of sp³-hybridized carbons (Fsp3) is 0.750. The molecule has 21 heavy (non-hydrogen) atoms. The highest BCUT2D eigenvalue weighted by molar-refractivity contribution is 7.99. The van der Waals surface area contributed by atoms with Crippen molar-refractivity contribution in [1.82, 2.24) is 14.8 Å². The van der Waals surface area contributed by atoms with Gasteiger partial charge in [0.05, 0.1) is 22.8 Å². The number of aromatic nitrogens is 3. The third kappa shape index (κ3) is 3.39. The third-order valence-electron chi connectivity index (χ3n) is 3.52. The van der Waals surface area contributed by atoms with Gasteiger partial charge >= 0.3 is 5.97 Å². The van der Waals surface area contributed by atoms with E-state index in [4.69, 9.17) is 5.11 Å². The molecule has 1 aliphatic rings. The van der Waals surface area contributed by atoms with Gasteiger partial charge in [0, 0.05) is 5.92 Å². The van der Waals surface area contributed by atoms with E-state index in [1.54, 1.807) is 0 Å². The van der Waals surface area contributed by atoms with E-state index in [0.717, 1.165) is 11.8 Å². The van der Waals surface area contributed by atoms with E-state index in [0.29, 0.717) is 17.4 Å². The highest BCUT2D eigenvalue weighted by atomic mass is 32.2. The zero-order chi connectivity index (χ0) is 15.8. The zero-order valence-corrected chi connectivity index (χ0v) is 13.9. The van der Waals surface area contributed by atoms with Crippen LogP contribution in [-0.4, -0.2) is 51.5 Å². The molecule has 0 amide bonds. The predicted molar refractivity (Wildman–Crippen MR) is 79.4 cm³/mol. The summed E-state index contributed by atoms with van der Waals surface area (Å²) in [5.41, 5.74) is -0.608. The molecule has 0 spiro atoms. The maximum Gasteiger partial charge on any atom is 0.313 e. The molecule has 1 aromatic rings. The molecule has 1 aliphatic heterocycles. The molecule has 1 aromatic heterocycles. The second-order valence-electron chi connectivity index (χ2n) is 5.85. The van der Waals surface area contributed by atoms with Gasteiger partial charge in [-0.1, -0.05) is 25.6 Å². The monoisotopic (exact) mass is 333 g/mol. The van der Waals surface area contributed by atoms with Gasteiger partial charge in [0.1, 0.15) is 5.82 Å². The SMILES string of the molecule is CC(C)c1nnc(SCC(=O)O)n1C1(C)CCS(=O)(=O)C1. The molecule has 9 heteroatoms. The van der Waals surface area contributed by atoms with E-state index in [9.17, 15) is 13.2 Å². The normalized spacial score (nSPS) is 24.6. The van der Waals surface area contributed by atoms with Crippen molar-refractivity contribution in [2.24, 2.45) is 0 Å². The summed E-state index contributed by atoms with van der Waals surface area (Å²) in [6, 6.07) is 0. The smallest absolute Gasteiger partial charge is 0.313 e. The summed E-state index contributed by atoms with van der Waals surface area (Å²) >= 11 is 1.07. The summed E-state index contributed by atoms with van der Waals surface area (Å²) < 4.78 is 25.5. The van der Waals surface area contributed by atoms with Crippen molar-refractivity contribution in [2.75, 3.05) is 17.3 Å². The van der Waals surface area contributed by atoms with Crippen molar-refractivity contribution in [1.29, 1.82) is 0 Å². The fourth-order valence-electron chi connectivity index (χ4n) is 2.55. The summed E-state index contributed by atoms with van der Waals surface area (Å²) in [5, 5.41) is 17.5. The molecule has 0 bridgehead atoms. The van der Waals surface area contributed by atoms with E-state index in [2.05, 4.69) is 10.2 Å². The number of carbonyl (C=O) groups is 1.